The Morgan fingerprint density at radius 1 is 1.23 bits per heavy atom. The minimum Gasteiger partial charge on any atom is -0.340 e. The van der Waals surface area contributed by atoms with E-state index in [2.05, 4.69) is 9.97 Å². The summed E-state index contributed by atoms with van der Waals surface area (Å²) in [5, 5.41) is 0. The van der Waals surface area contributed by atoms with E-state index in [1.54, 1.807) is 11.8 Å². The first-order chi connectivity index (χ1) is 12.5. The number of nitrogens with zero attached hydrogens (tertiary/aromatic N) is 3. The van der Waals surface area contributed by atoms with Gasteiger partial charge in [-0.25, -0.2) is 4.98 Å². The molecule has 0 radical (unpaired) electrons. The van der Waals surface area contributed by atoms with Crippen molar-refractivity contribution in [3.05, 3.63) is 27.9 Å². The Morgan fingerprint density at radius 2 is 2.04 bits per heavy atom. The van der Waals surface area contributed by atoms with Crippen LogP contribution < -0.4 is 5.56 Å². The Bertz CT molecular complexity index is 770. The SMILES string of the molecule is Cc1ncc(CC(=O)N2C[C@@H]3CC[C@H](C2)N(CC2CCC2)C3=O)c(=O)[nH]1. The van der Waals surface area contributed by atoms with Gasteiger partial charge in [-0.15, -0.1) is 0 Å². The van der Waals surface area contributed by atoms with Gasteiger partial charge in [0.25, 0.3) is 5.56 Å². The van der Waals surface area contributed by atoms with Gasteiger partial charge in [0.15, 0.2) is 0 Å². The van der Waals surface area contributed by atoms with Crippen molar-refractivity contribution in [3.63, 3.8) is 0 Å². The highest BCUT2D eigenvalue weighted by molar-refractivity contribution is 5.84. The van der Waals surface area contributed by atoms with Crippen LogP contribution in [0.3, 0.4) is 0 Å². The third-order valence-corrected chi connectivity index (χ3v) is 6.17. The normalized spacial score (nSPS) is 26.0. The summed E-state index contributed by atoms with van der Waals surface area (Å²) in [6, 6.07) is 0.125. The fraction of sp³-hybridized carbons (Fsp3) is 0.684. The summed E-state index contributed by atoms with van der Waals surface area (Å²) in [4.78, 5) is 48.2. The molecule has 2 bridgehead atoms. The molecule has 1 aromatic rings. The zero-order valence-corrected chi connectivity index (χ0v) is 15.2. The zero-order valence-electron chi connectivity index (χ0n) is 15.2. The van der Waals surface area contributed by atoms with Crippen molar-refractivity contribution < 1.29 is 9.59 Å². The van der Waals surface area contributed by atoms with Crippen molar-refractivity contribution in [1.82, 2.24) is 19.8 Å². The van der Waals surface area contributed by atoms with E-state index in [0.717, 1.165) is 19.4 Å². The highest BCUT2D eigenvalue weighted by Crippen LogP contribution is 2.34. The van der Waals surface area contributed by atoms with Crippen molar-refractivity contribution in [1.29, 1.82) is 0 Å². The Kier molecular flexibility index (Phi) is 4.54. The molecule has 4 aliphatic rings. The number of fused-ring (bicyclic) bond motifs is 4. The van der Waals surface area contributed by atoms with Gasteiger partial charge in [-0.05, 0) is 38.5 Å². The summed E-state index contributed by atoms with van der Waals surface area (Å²) in [5.41, 5.74) is 0.126. The van der Waals surface area contributed by atoms with Gasteiger partial charge in [0.2, 0.25) is 11.8 Å². The number of piperidine rings is 1. The number of amides is 2. The first-order valence-electron chi connectivity index (χ1n) is 9.64. The lowest BCUT2D eigenvalue weighted by molar-refractivity contribution is -0.141. The van der Waals surface area contributed by atoms with Crippen molar-refractivity contribution in [3.8, 4) is 0 Å². The number of aryl methyl sites for hydroxylation is 1. The van der Waals surface area contributed by atoms with Gasteiger partial charge in [0.05, 0.1) is 12.3 Å². The summed E-state index contributed by atoms with van der Waals surface area (Å²) in [7, 11) is 0. The van der Waals surface area contributed by atoms with Crippen molar-refractivity contribution >= 4 is 11.8 Å². The summed E-state index contributed by atoms with van der Waals surface area (Å²) < 4.78 is 0. The van der Waals surface area contributed by atoms with Gasteiger partial charge in [-0.2, -0.15) is 0 Å². The van der Waals surface area contributed by atoms with E-state index in [1.165, 1.54) is 25.5 Å². The van der Waals surface area contributed by atoms with Crippen LogP contribution in [-0.4, -0.2) is 57.3 Å². The number of aromatic nitrogens is 2. The van der Waals surface area contributed by atoms with Crippen LogP contribution >= 0.6 is 0 Å². The lowest BCUT2D eigenvalue weighted by Crippen LogP contribution is -2.50. The first-order valence-corrected chi connectivity index (χ1v) is 9.64. The van der Waals surface area contributed by atoms with Crippen LogP contribution in [-0.2, 0) is 16.0 Å². The summed E-state index contributed by atoms with van der Waals surface area (Å²) in [6.07, 6.45) is 7.05. The number of carbonyl (C=O) groups is 2. The van der Waals surface area contributed by atoms with Gasteiger partial charge < -0.3 is 14.8 Å². The molecule has 4 fully saturated rings. The molecule has 3 saturated heterocycles. The number of nitrogens with one attached hydrogen (secondary N) is 1. The van der Waals surface area contributed by atoms with Crippen LogP contribution in [0.4, 0.5) is 0 Å². The average Bonchev–Trinajstić information content (AvgIpc) is 2.85. The van der Waals surface area contributed by atoms with E-state index in [1.807, 2.05) is 4.90 Å². The molecule has 4 heterocycles. The predicted molar refractivity (Wildman–Crippen MR) is 95.4 cm³/mol. The number of rotatable bonds is 4. The van der Waals surface area contributed by atoms with Gasteiger partial charge in [0, 0.05) is 37.4 Å². The second kappa shape index (κ2) is 6.85. The number of carbonyl (C=O) groups excluding carboxylic acids is 2. The van der Waals surface area contributed by atoms with Gasteiger partial charge in [-0.3, -0.25) is 14.4 Å². The number of hydrogen-bond acceptors (Lipinski definition) is 4. The quantitative estimate of drug-likeness (QED) is 0.865. The molecule has 26 heavy (non-hydrogen) atoms. The maximum absolute atomic E-state index is 12.8. The lowest BCUT2D eigenvalue weighted by Gasteiger charge is -2.40. The Hall–Kier alpha value is -2.18. The molecule has 0 aromatic carbocycles. The smallest absolute Gasteiger partial charge is 0.254 e. The molecular weight excluding hydrogens is 332 g/mol. The molecule has 1 aromatic heterocycles. The van der Waals surface area contributed by atoms with E-state index >= 15 is 0 Å². The molecule has 3 aliphatic heterocycles. The maximum atomic E-state index is 12.8. The molecule has 1 N–H and O–H groups in total. The molecule has 7 heteroatoms. The van der Waals surface area contributed by atoms with Crippen LogP contribution in [0.1, 0.15) is 43.5 Å². The van der Waals surface area contributed by atoms with Gasteiger partial charge in [-0.1, -0.05) is 6.42 Å². The van der Waals surface area contributed by atoms with Crippen LogP contribution in [0.2, 0.25) is 0 Å². The zero-order chi connectivity index (χ0) is 18.3. The van der Waals surface area contributed by atoms with Crippen LogP contribution in [0.25, 0.3) is 0 Å². The number of H-pyrrole nitrogens is 1. The Labute approximate surface area is 152 Å². The molecule has 2 amide bonds. The van der Waals surface area contributed by atoms with E-state index in [0.29, 0.717) is 30.4 Å². The lowest BCUT2D eigenvalue weighted by atomic mass is 9.83. The van der Waals surface area contributed by atoms with E-state index < -0.39 is 0 Å². The minimum absolute atomic E-state index is 0.0405. The van der Waals surface area contributed by atoms with Crippen molar-refractivity contribution in [2.24, 2.45) is 11.8 Å². The monoisotopic (exact) mass is 358 g/mol. The number of hydrogen-bond donors (Lipinski definition) is 1. The summed E-state index contributed by atoms with van der Waals surface area (Å²) >= 11 is 0. The topological polar surface area (TPSA) is 86.4 Å². The third kappa shape index (κ3) is 3.27. The number of aromatic amines is 1. The van der Waals surface area contributed by atoms with Crippen LogP contribution in [0, 0.1) is 18.8 Å². The largest absolute Gasteiger partial charge is 0.340 e. The molecule has 1 saturated carbocycles. The van der Waals surface area contributed by atoms with Crippen molar-refractivity contribution in [2.45, 2.75) is 51.5 Å². The maximum Gasteiger partial charge on any atom is 0.254 e. The molecule has 0 unspecified atom stereocenters. The fourth-order valence-electron chi connectivity index (χ4n) is 4.35. The van der Waals surface area contributed by atoms with E-state index in [9.17, 15) is 14.4 Å². The Morgan fingerprint density at radius 3 is 2.73 bits per heavy atom. The Balaban J connectivity index is 1.47. The van der Waals surface area contributed by atoms with E-state index in [4.69, 9.17) is 0 Å². The molecule has 1 aliphatic carbocycles. The molecule has 5 rings (SSSR count). The fourth-order valence-corrected chi connectivity index (χ4v) is 4.35. The predicted octanol–water partition coefficient (Wildman–Crippen LogP) is 0.870. The van der Waals surface area contributed by atoms with Crippen LogP contribution in [0.5, 0.6) is 0 Å². The van der Waals surface area contributed by atoms with Crippen LogP contribution in [0.15, 0.2) is 11.0 Å². The molecule has 7 nitrogen and oxygen atoms in total. The molecule has 2 atom stereocenters. The standard InChI is InChI=1S/C19H26N4O3/c1-12-20-8-15(18(25)21-12)7-17(24)22-10-14-5-6-16(11-22)23(19(14)26)9-13-3-2-4-13/h8,13-14,16H,2-7,9-11H2,1H3,(H,20,21,25)/t14-,16+/m0/s1. The third-order valence-electron chi connectivity index (χ3n) is 6.17. The second-order valence-corrected chi connectivity index (χ2v) is 8.01. The summed E-state index contributed by atoms with van der Waals surface area (Å²) in [5.74, 6) is 1.22. The molecule has 140 valence electrons. The highest BCUT2D eigenvalue weighted by atomic mass is 16.2. The van der Waals surface area contributed by atoms with Gasteiger partial charge in [0.1, 0.15) is 5.82 Å². The second-order valence-electron chi connectivity index (χ2n) is 8.01. The molecule has 0 spiro atoms. The van der Waals surface area contributed by atoms with Crippen molar-refractivity contribution in [2.75, 3.05) is 19.6 Å². The summed E-state index contributed by atoms with van der Waals surface area (Å²) in [6.45, 7) is 3.63. The minimum atomic E-state index is -0.258. The van der Waals surface area contributed by atoms with Gasteiger partial charge >= 0.3 is 0 Å². The molecular formula is C19H26N4O3. The first kappa shape index (κ1) is 17.2. The average molecular weight is 358 g/mol. The highest BCUT2D eigenvalue weighted by Gasteiger charge is 2.42. The van der Waals surface area contributed by atoms with E-state index in [-0.39, 0.29) is 35.8 Å².